The Bertz CT molecular complexity index is 876. The molecule has 0 fully saturated rings. The number of hydrogen-bond acceptors (Lipinski definition) is 5. The van der Waals surface area contributed by atoms with E-state index in [0.29, 0.717) is 12.1 Å². The molecule has 1 heterocycles. The molecule has 2 N–H and O–H groups in total. The highest BCUT2D eigenvalue weighted by Crippen LogP contribution is 2.38. The summed E-state index contributed by atoms with van der Waals surface area (Å²) in [5, 5.41) is 16.2. The van der Waals surface area contributed by atoms with Crippen molar-refractivity contribution >= 4 is 34.7 Å². The van der Waals surface area contributed by atoms with Gasteiger partial charge >= 0.3 is 6.18 Å². The van der Waals surface area contributed by atoms with Gasteiger partial charge < -0.3 is 10.6 Å². The number of nitrogens with zero attached hydrogens (tertiary/aromatic N) is 4. The minimum atomic E-state index is -4.62. The molecular weight excluding hydrogens is 382 g/mol. The number of anilines is 1. The molecule has 1 aromatic heterocycles. The maximum atomic E-state index is 12.8. The van der Waals surface area contributed by atoms with Gasteiger partial charge in [-0.05, 0) is 19.1 Å². The lowest BCUT2D eigenvalue weighted by Crippen LogP contribution is -2.09. The van der Waals surface area contributed by atoms with Crippen LogP contribution < -0.4 is 5.73 Å². The van der Waals surface area contributed by atoms with Crippen molar-refractivity contribution in [1.82, 2.24) is 9.78 Å². The number of alkyl halides is 3. The van der Waals surface area contributed by atoms with Crippen LogP contribution in [-0.4, -0.2) is 22.6 Å². The lowest BCUT2D eigenvalue weighted by Gasteiger charge is -2.13. The summed E-state index contributed by atoms with van der Waals surface area (Å²) in [6.07, 6.45) is -4.62. The molecule has 11 heteroatoms. The maximum absolute atomic E-state index is 12.8. The number of nitriles is 1. The molecule has 1 aromatic carbocycles. The maximum Gasteiger partial charge on any atom is 0.416 e. The zero-order valence-electron chi connectivity index (χ0n) is 12.8. The summed E-state index contributed by atoms with van der Waals surface area (Å²) in [6, 6.07) is 3.23. The minimum Gasteiger partial charge on any atom is -0.399 e. The van der Waals surface area contributed by atoms with Crippen LogP contribution in [0.3, 0.4) is 0 Å². The van der Waals surface area contributed by atoms with Crippen molar-refractivity contribution in [2.24, 2.45) is 5.16 Å². The average Bonchev–Trinajstić information content (AvgIpc) is 2.82. The van der Waals surface area contributed by atoms with Crippen LogP contribution in [0.15, 0.2) is 17.3 Å². The molecule has 132 valence electrons. The van der Waals surface area contributed by atoms with Crippen molar-refractivity contribution in [2.75, 3.05) is 12.8 Å². The molecular formula is C14H10Cl2F3N5O. The first-order valence-corrected chi connectivity index (χ1v) is 7.30. The highest BCUT2D eigenvalue weighted by Gasteiger charge is 2.33. The number of rotatable bonds is 3. The summed E-state index contributed by atoms with van der Waals surface area (Å²) in [5.74, 6) is -0.0709. The molecule has 0 saturated heterocycles. The molecule has 0 radical (unpaired) electrons. The number of benzene rings is 1. The predicted octanol–water partition coefficient (Wildman–Crippen LogP) is 4.02. The summed E-state index contributed by atoms with van der Waals surface area (Å²) in [7, 11) is 1.31. The zero-order valence-corrected chi connectivity index (χ0v) is 14.3. The Kier molecular flexibility index (Phi) is 5.15. The van der Waals surface area contributed by atoms with Gasteiger partial charge in [0.1, 0.15) is 24.7 Å². The number of hydrogen-bond donors (Lipinski definition) is 1. The second kappa shape index (κ2) is 6.82. The molecule has 0 aliphatic heterocycles. The third-order valence-corrected chi connectivity index (χ3v) is 3.75. The van der Waals surface area contributed by atoms with Gasteiger partial charge in [0.05, 0.1) is 26.9 Å². The van der Waals surface area contributed by atoms with E-state index in [0.717, 1.165) is 4.68 Å². The highest BCUT2D eigenvalue weighted by molar-refractivity contribution is 6.38. The first-order chi connectivity index (χ1) is 11.6. The van der Waals surface area contributed by atoms with Gasteiger partial charge in [0.15, 0.2) is 5.69 Å². The van der Waals surface area contributed by atoms with E-state index in [1.54, 1.807) is 0 Å². The number of aromatic nitrogens is 2. The number of nitrogens with two attached hydrogens (primary N) is 1. The summed E-state index contributed by atoms with van der Waals surface area (Å²) >= 11 is 11.9. The van der Waals surface area contributed by atoms with Crippen molar-refractivity contribution in [2.45, 2.75) is 13.1 Å². The molecule has 0 spiro atoms. The van der Waals surface area contributed by atoms with Crippen molar-refractivity contribution in [3.8, 4) is 11.8 Å². The molecule has 2 aromatic rings. The van der Waals surface area contributed by atoms with Gasteiger partial charge in [-0.3, -0.25) is 0 Å². The van der Waals surface area contributed by atoms with E-state index in [1.165, 1.54) is 14.0 Å². The standard InChI is InChI=1S/C14H10Cl2F3N5O/c1-6(23-25-2)11-10(5-20)22-24(13(11)21)12-8(15)3-7(4-9(12)16)14(17,18)19/h3-4H,21H2,1-2H3/b23-6+. The topological polar surface area (TPSA) is 89.2 Å². The van der Waals surface area contributed by atoms with Gasteiger partial charge in [-0.1, -0.05) is 28.4 Å². The Morgan fingerprint density at radius 3 is 2.36 bits per heavy atom. The monoisotopic (exact) mass is 391 g/mol. The Balaban J connectivity index is 2.73. The van der Waals surface area contributed by atoms with Crippen LogP contribution in [0.4, 0.5) is 19.0 Å². The average molecular weight is 392 g/mol. The van der Waals surface area contributed by atoms with Crippen LogP contribution in [0.25, 0.3) is 5.69 Å². The molecule has 0 unspecified atom stereocenters. The Hall–Kier alpha value is -2.44. The Morgan fingerprint density at radius 1 is 1.36 bits per heavy atom. The van der Waals surface area contributed by atoms with Crippen molar-refractivity contribution in [3.05, 3.63) is 39.0 Å². The van der Waals surface area contributed by atoms with Crippen LogP contribution >= 0.6 is 23.2 Å². The molecule has 0 saturated carbocycles. The van der Waals surface area contributed by atoms with E-state index in [9.17, 15) is 18.4 Å². The summed E-state index contributed by atoms with van der Waals surface area (Å²) < 4.78 is 39.5. The Labute approximate surface area is 150 Å². The molecule has 0 atom stereocenters. The fourth-order valence-electron chi connectivity index (χ4n) is 2.15. The van der Waals surface area contributed by atoms with E-state index >= 15 is 0 Å². The van der Waals surface area contributed by atoms with E-state index in [-0.39, 0.29) is 38.5 Å². The third kappa shape index (κ3) is 3.50. The fourth-order valence-corrected chi connectivity index (χ4v) is 2.80. The normalized spacial score (nSPS) is 12.2. The summed E-state index contributed by atoms with van der Waals surface area (Å²) in [5.41, 5.74) is 5.18. The van der Waals surface area contributed by atoms with Gasteiger partial charge in [0.2, 0.25) is 0 Å². The smallest absolute Gasteiger partial charge is 0.399 e. The van der Waals surface area contributed by atoms with E-state index in [4.69, 9.17) is 28.9 Å². The molecule has 2 rings (SSSR count). The molecule has 0 bridgehead atoms. The predicted molar refractivity (Wildman–Crippen MR) is 86.9 cm³/mol. The van der Waals surface area contributed by atoms with Crippen LogP contribution in [0.5, 0.6) is 0 Å². The van der Waals surface area contributed by atoms with Crippen molar-refractivity contribution in [1.29, 1.82) is 5.26 Å². The van der Waals surface area contributed by atoms with E-state index in [1.807, 2.05) is 6.07 Å². The molecule has 25 heavy (non-hydrogen) atoms. The van der Waals surface area contributed by atoms with Gasteiger partial charge in [-0.25, -0.2) is 4.68 Å². The fraction of sp³-hybridized carbons (Fsp3) is 0.214. The van der Waals surface area contributed by atoms with Gasteiger partial charge in [-0.2, -0.15) is 23.5 Å². The lowest BCUT2D eigenvalue weighted by molar-refractivity contribution is -0.137. The van der Waals surface area contributed by atoms with Gasteiger partial charge in [0, 0.05) is 0 Å². The molecule has 0 aliphatic rings. The van der Waals surface area contributed by atoms with E-state index < -0.39 is 11.7 Å². The second-order valence-corrected chi connectivity index (χ2v) is 5.59. The quantitative estimate of drug-likeness (QED) is 0.631. The number of halogens is 5. The van der Waals surface area contributed by atoms with Gasteiger partial charge in [-0.15, -0.1) is 0 Å². The lowest BCUT2D eigenvalue weighted by atomic mass is 10.1. The van der Waals surface area contributed by atoms with Crippen molar-refractivity contribution in [3.63, 3.8) is 0 Å². The SMILES string of the molecule is CO/N=C(\C)c1c(C#N)nn(-c2c(Cl)cc(C(F)(F)F)cc2Cl)c1N. The van der Waals surface area contributed by atoms with Crippen LogP contribution in [0.2, 0.25) is 10.0 Å². The van der Waals surface area contributed by atoms with E-state index in [2.05, 4.69) is 15.1 Å². The first-order valence-electron chi connectivity index (χ1n) is 6.55. The van der Waals surface area contributed by atoms with Crippen LogP contribution in [-0.2, 0) is 11.0 Å². The van der Waals surface area contributed by atoms with Crippen LogP contribution in [0.1, 0.15) is 23.7 Å². The largest absolute Gasteiger partial charge is 0.416 e. The van der Waals surface area contributed by atoms with Gasteiger partial charge in [0.25, 0.3) is 0 Å². The number of oxime groups is 1. The molecule has 0 amide bonds. The second-order valence-electron chi connectivity index (χ2n) is 4.78. The highest BCUT2D eigenvalue weighted by atomic mass is 35.5. The zero-order chi connectivity index (χ0) is 18.9. The first kappa shape index (κ1) is 18.9. The Morgan fingerprint density at radius 2 is 1.92 bits per heavy atom. The van der Waals surface area contributed by atoms with Crippen LogP contribution in [0, 0.1) is 11.3 Å². The molecule has 6 nitrogen and oxygen atoms in total. The summed E-state index contributed by atoms with van der Waals surface area (Å²) in [6.45, 7) is 1.53. The minimum absolute atomic E-state index is 0.0709. The summed E-state index contributed by atoms with van der Waals surface area (Å²) in [4.78, 5) is 4.64. The molecule has 0 aliphatic carbocycles. The van der Waals surface area contributed by atoms with Crippen molar-refractivity contribution < 1.29 is 18.0 Å². The third-order valence-electron chi connectivity index (χ3n) is 3.17. The number of nitrogen functional groups attached to an aromatic ring is 1.